The van der Waals surface area contributed by atoms with Crippen molar-refractivity contribution in [3.63, 3.8) is 0 Å². The van der Waals surface area contributed by atoms with Crippen LogP contribution in [0.25, 0.3) is 0 Å². The maximum Gasteiger partial charge on any atom is 0.0594 e. The fourth-order valence-electron chi connectivity index (χ4n) is 3.27. The molecule has 1 saturated carbocycles. The van der Waals surface area contributed by atoms with Crippen LogP contribution >= 0.6 is 11.8 Å². The number of hydrogen-bond acceptors (Lipinski definition) is 4. The summed E-state index contributed by atoms with van der Waals surface area (Å²) in [6.07, 6.45) is 7.81. The van der Waals surface area contributed by atoms with Gasteiger partial charge in [-0.05, 0) is 32.9 Å². The van der Waals surface area contributed by atoms with Gasteiger partial charge in [-0.1, -0.05) is 12.8 Å². The topological polar surface area (TPSA) is 24.5 Å². The lowest BCUT2D eigenvalue weighted by molar-refractivity contribution is -0.0106. The summed E-state index contributed by atoms with van der Waals surface area (Å²) in [6.45, 7) is 9.75. The third-order valence-electron chi connectivity index (χ3n) is 4.67. The normalized spacial score (nSPS) is 30.5. The maximum atomic E-state index is 5.46. The summed E-state index contributed by atoms with van der Waals surface area (Å²) in [5.74, 6) is 0. The zero-order chi connectivity index (χ0) is 13.7. The van der Waals surface area contributed by atoms with Crippen molar-refractivity contribution in [2.24, 2.45) is 0 Å². The number of morpholine rings is 1. The van der Waals surface area contributed by atoms with E-state index in [9.17, 15) is 0 Å². The molecule has 0 bridgehead atoms. The summed E-state index contributed by atoms with van der Waals surface area (Å²) >= 11 is 2.04. The molecule has 1 heterocycles. The van der Waals surface area contributed by atoms with E-state index in [0.29, 0.717) is 6.04 Å². The highest BCUT2D eigenvalue weighted by Crippen LogP contribution is 2.27. The standard InChI is InChI=1S/C15H30N2OS/c1-15(2,17-8-10-18-11-9-17)12-16-13-6-4-5-7-14(13)19-3/h13-14,16H,4-12H2,1-3H3/t13-,14+/m1/s1. The summed E-state index contributed by atoms with van der Waals surface area (Å²) in [4.78, 5) is 2.57. The molecule has 0 unspecified atom stereocenters. The Bertz CT molecular complexity index is 267. The molecular weight excluding hydrogens is 256 g/mol. The molecular formula is C15H30N2OS. The van der Waals surface area contributed by atoms with E-state index in [1.165, 1.54) is 25.7 Å². The molecule has 1 N–H and O–H groups in total. The third kappa shape index (κ3) is 4.35. The SMILES string of the molecule is CS[C@H]1CCCC[C@H]1NCC(C)(C)N1CCOCC1. The van der Waals surface area contributed by atoms with Crippen molar-refractivity contribution >= 4 is 11.8 Å². The third-order valence-corrected chi connectivity index (χ3v) is 5.84. The van der Waals surface area contributed by atoms with Gasteiger partial charge in [0.2, 0.25) is 0 Å². The average molecular weight is 286 g/mol. The van der Waals surface area contributed by atoms with Crippen LogP contribution in [0.1, 0.15) is 39.5 Å². The van der Waals surface area contributed by atoms with Gasteiger partial charge >= 0.3 is 0 Å². The summed E-state index contributed by atoms with van der Waals surface area (Å²) in [5, 5.41) is 4.67. The second kappa shape index (κ2) is 7.30. The minimum absolute atomic E-state index is 0.240. The molecule has 0 spiro atoms. The Labute approximate surface area is 122 Å². The van der Waals surface area contributed by atoms with Crippen LogP contribution in [0.5, 0.6) is 0 Å². The van der Waals surface area contributed by atoms with E-state index in [1.54, 1.807) is 0 Å². The molecule has 4 heteroatoms. The van der Waals surface area contributed by atoms with Gasteiger partial charge in [0.1, 0.15) is 0 Å². The van der Waals surface area contributed by atoms with Gasteiger partial charge in [0.15, 0.2) is 0 Å². The molecule has 0 radical (unpaired) electrons. The van der Waals surface area contributed by atoms with Crippen molar-refractivity contribution < 1.29 is 4.74 Å². The monoisotopic (exact) mass is 286 g/mol. The number of nitrogens with zero attached hydrogens (tertiary/aromatic N) is 1. The number of thioether (sulfide) groups is 1. The van der Waals surface area contributed by atoms with Gasteiger partial charge in [-0.2, -0.15) is 11.8 Å². The molecule has 2 aliphatic rings. The smallest absolute Gasteiger partial charge is 0.0594 e. The average Bonchev–Trinajstić information content (AvgIpc) is 2.46. The summed E-state index contributed by atoms with van der Waals surface area (Å²) in [7, 11) is 0. The van der Waals surface area contributed by atoms with Gasteiger partial charge in [0.05, 0.1) is 13.2 Å². The molecule has 0 amide bonds. The van der Waals surface area contributed by atoms with E-state index in [1.807, 2.05) is 11.8 Å². The molecule has 1 aliphatic heterocycles. The first-order valence-electron chi connectivity index (χ1n) is 7.72. The van der Waals surface area contributed by atoms with Crippen LogP contribution < -0.4 is 5.32 Å². The highest BCUT2D eigenvalue weighted by atomic mass is 32.2. The van der Waals surface area contributed by atoms with Gasteiger partial charge in [-0.25, -0.2) is 0 Å². The molecule has 19 heavy (non-hydrogen) atoms. The maximum absolute atomic E-state index is 5.46. The van der Waals surface area contributed by atoms with Crippen LogP contribution in [-0.2, 0) is 4.74 Å². The first-order valence-corrected chi connectivity index (χ1v) is 9.01. The summed E-state index contributed by atoms with van der Waals surface area (Å²) in [6, 6.07) is 0.712. The summed E-state index contributed by atoms with van der Waals surface area (Å²) < 4.78 is 5.46. The molecule has 0 aromatic rings. The Hall–Kier alpha value is 0.230. The fourth-order valence-corrected chi connectivity index (χ4v) is 4.24. The van der Waals surface area contributed by atoms with Crippen LogP contribution in [0.3, 0.4) is 0 Å². The van der Waals surface area contributed by atoms with Crippen molar-refractivity contribution in [1.29, 1.82) is 0 Å². The molecule has 0 aromatic heterocycles. The molecule has 3 nitrogen and oxygen atoms in total. The minimum atomic E-state index is 0.240. The van der Waals surface area contributed by atoms with Crippen LogP contribution in [0, 0.1) is 0 Å². The van der Waals surface area contributed by atoms with Crippen molar-refractivity contribution in [3.05, 3.63) is 0 Å². The van der Waals surface area contributed by atoms with Gasteiger partial charge in [0, 0.05) is 36.5 Å². The zero-order valence-corrected chi connectivity index (χ0v) is 13.6. The second-order valence-electron chi connectivity index (χ2n) is 6.46. The van der Waals surface area contributed by atoms with Gasteiger partial charge in [-0.3, -0.25) is 4.90 Å². The van der Waals surface area contributed by atoms with Crippen LogP contribution in [0.15, 0.2) is 0 Å². The predicted molar refractivity (Wildman–Crippen MR) is 84.0 cm³/mol. The van der Waals surface area contributed by atoms with E-state index < -0.39 is 0 Å². The van der Waals surface area contributed by atoms with E-state index >= 15 is 0 Å². The number of nitrogens with one attached hydrogen (secondary N) is 1. The molecule has 1 aliphatic carbocycles. The lowest BCUT2D eigenvalue weighted by Gasteiger charge is -2.42. The Balaban J connectivity index is 1.81. The number of rotatable bonds is 5. The zero-order valence-electron chi connectivity index (χ0n) is 12.8. The van der Waals surface area contributed by atoms with Crippen molar-refractivity contribution in [1.82, 2.24) is 10.2 Å². The Morgan fingerprint density at radius 1 is 1.21 bits per heavy atom. The number of ether oxygens (including phenoxy) is 1. The Morgan fingerprint density at radius 2 is 1.89 bits per heavy atom. The van der Waals surface area contributed by atoms with Crippen molar-refractivity contribution in [2.75, 3.05) is 39.1 Å². The molecule has 1 saturated heterocycles. The predicted octanol–water partition coefficient (Wildman–Crippen LogP) is 2.36. The molecule has 2 fully saturated rings. The second-order valence-corrected chi connectivity index (χ2v) is 7.53. The van der Waals surface area contributed by atoms with E-state index in [0.717, 1.165) is 38.1 Å². The quantitative estimate of drug-likeness (QED) is 0.838. The minimum Gasteiger partial charge on any atom is -0.379 e. The van der Waals surface area contributed by atoms with Crippen LogP contribution in [0.4, 0.5) is 0 Å². The van der Waals surface area contributed by atoms with E-state index in [2.05, 4.69) is 30.3 Å². The molecule has 2 atom stereocenters. The van der Waals surface area contributed by atoms with Gasteiger partial charge in [-0.15, -0.1) is 0 Å². The largest absolute Gasteiger partial charge is 0.379 e. The first-order chi connectivity index (χ1) is 9.13. The molecule has 0 aromatic carbocycles. The van der Waals surface area contributed by atoms with Crippen molar-refractivity contribution in [3.8, 4) is 0 Å². The van der Waals surface area contributed by atoms with E-state index in [-0.39, 0.29) is 5.54 Å². The van der Waals surface area contributed by atoms with E-state index in [4.69, 9.17) is 4.74 Å². The molecule has 112 valence electrons. The van der Waals surface area contributed by atoms with Crippen molar-refractivity contribution in [2.45, 2.75) is 56.4 Å². The van der Waals surface area contributed by atoms with Crippen LogP contribution in [-0.4, -0.2) is 60.8 Å². The highest BCUT2D eigenvalue weighted by molar-refractivity contribution is 7.99. The molecule has 2 rings (SSSR count). The van der Waals surface area contributed by atoms with Crippen LogP contribution in [0.2, 0.25) is 0 Å². The lowest BCUT2D eigenvalue weighted by Crippen LogP contribution is -2.57. The Kier molecular flexibility index (Phi) is 6.00. The highest BCUT2D eigenvalue weighted by Gasteiger charge is 2.31. The van der Waals surface area contributed by atoms with Gasteiger partial charge < -0.3 is 10.1 Å². The van der Waals surface area contributed by atoms with Gasteiger partial charge in [0.25, 0.3) is 0 Å². The fraction of sp³-hybridized carbons (Fsp3) is 1.00. The first kappa shape index (κ1) is 15.6. The lowest BCUT2D eigenvalue weighted by atomic mass is 9.93. The number of hydrogen-bond donors (Lipinski definition) is 1. The summed E-state index contributed by atoms with van der Waals surface area (Å²) in [5.41, 5.74) is 0.240. The Morgan fingerprint density at radius 3 is 2.58 bits per heavy atom.